The van der Waals surface area contributed by atoms with Gasteiger partial charge in [0.1, 0.15) is 0 Å². The van der Waals surface area contributed by atoms with Crippen LogP contribution in [0.1, 0.15) is 17.3 Å². The van der Waals surface area contributed by atoms with Crippen LogP contribution in [0.4, 0.5) is 0 Å². The van der Waals surface area contributed by atoms with Crippen molar-refractivity contribution in [1.82, 2.24) is 20.0 Å². The zero-order valence-electron chi connectivity index (χ0n) is 8.53. The largest absolute Gasteiger partial charge is 0.312 e. The number of rotatable bonds is 1. The number of nitrogens with one attached hydrogen (secondary N) is 1. The summed E-state index contributed by atoms with van der Waals surface area (Å²) >= 11 is 0. The summed E-state index contributed by atoms with van der Waals surface area (Å²) in [6.07, 6.45) is 3.16. The molecular formula is C10H16N4. The average molecular weight is 192 g/mol. The van der Waals surface area contributed by atoms with Crippen molar-refractivity contribution in [2.75, 3.05) is 26.7 Å². The molecule has 0 aliphatic carbocycles. The van der Waals surface area contributed by atoms with E-state index >= 15 is 0 Å². The van der Waals surface area contributed by atoms with E-state index in [9.17, 15) is 0 Å². The molecule has 1 N–H and O–H groups in total. The maximum Gasteiger partial charge on any atom is 0.0775 e. The molecule has 1 fully saturated rings. The van der Waals surface area contributed by atoms with Crippen LogP contribution in [0.5, 0.6) is 0 Å². The van der Waals surface area contributed by atoms with E-state index in [1.807, 2.05) is 6.20 Å². The van der Waals surface area contributed by atoms with E-state index in [0.29, 0.717) is 6.04 Å². The first-order chi connectivity index (χ1) is 6.84. The van der Waals surface area contributed by atoms with Gasteiger partial charge in [0.05, 0.1) is 12.2 Å². The van der Waals surface area contributed by atoms with Gasteiger partial charge in [0.15, 0.2) is 0 Å². The first kappa shape index (κ1) is 8.44. The van der Waals surface area contributed by atoms with Crippen LogP contribution >= 0.6 is 0 Å². The summed E-state index contributed by atoms with van der Waals surface area (Å²) in [6, 6.07) is 0.627. The van der Waals surface area contributed by atoms with Crippen LogP contribution in [0.25, 0.3) is 0 Å². The van der Waals surface area contributed by atoms with Crippen molar-refractivity contribution < 1.29 is 0 Å². The highest BCUT2D eigenvalue weighted by Gasteiger charge is 2.28. The van der Waals surface area contributed by atoms with Crippen LogP contribution < -0.4 is 5.32 Å². The lowest BCUT2D eigenvalue weighted by molar-refractivity contribution is 0.127. The molecule has 1 aromatic rings. The van der Waals surface area contributed by atoms with Crippen molar-refractivity contribution in [3.05, 3.63) is 17.5 Å². The fourth-order valence-corrected chi connectivity index (χ4v) is 2.41. The third-order valence-electron chi connectivity index (χ3n) is 3.23. The smallest absolute Gasteiger partial charge is 0.0775 e. The maximum atomic E-state index is 4.50. The van der Waals surface area contributed by atoms with Crippen molar-refractivity contribution in [3.8, 4) is 0 Å². The number of aromatic nitrogens is 2. The lowest BCUT2D eigenvalue weighted by Crippen LogP contribution is -2.46. The zero-order valence-corrected chi connectivity index (χ0v) is 8.53. The molecule has 3 heterocycles. The van der Waals surface area contributed by atoms with Gasteiger partial charge in [0, 0.05) is 43.9 Å². The van der Waals surface area contributed by atoms with E-state index in [4.69, 9.17) is 0 Å². The SMILES string of the molecule is CN1CC(n2ncc3c2CCNC3)C1. The molecule has 14 heavy (non-hydrogen) atoms. The fraction of sp³-hybridized carbons (Fsp3) is 0.700. The van der Waals surface area contributed by atoms with Gasteiger partial charge in [0.2, 0.25) is 0 Å². The molecule has 3 rings (SSSR count). The molecule has 0 spiro atoms. The molecule has 0 atom stereocenters. The highest BCUT2D eigenvalue weighted by molar-refractivity contribution is 5.21. The van der Waals surface area contributed by atoms with Crippen LogP contribution in [-0.4, -0.2) is 41.4 Å². The Kier molecular flexibility index (Phi) is 1.85. The van der Waals surface area contributed by atoms with Gasteiger partial charge < -0.3 is 10.2 Å². The number of fused-ring (bicyclic) bond motifs is 1. The minimum atomic E-state index is 0.627. The number of likely N-dealkylation sites (N-methyl/N-ethyl adjacent to an activating group) is 1. The average Bonchev–Trinajstić information content (AvgIpc) is 2.56. The van der Waals surface area contributed by atoms with Gasteiger partial charge in [-0.15, -0.1) is 0 Å². The summed E-state index contributed by atoms with van der Waals surface area (Å²) in [7, 11) is 2.16. The minimum absolute atomic E-state index is 0.627. The van der Waals surface area contributed by atoms with Crippen LogP contribution in [0, 0.1) is 0 Å². The predicted molar refractivity (Wildman–Crippen MR) is 54.2 cm³/mol. The molecule has 0 saturated carbocycles. The maximum absolute atomic E-state index is 4.50. The van der Waals surface area contributed by atoms with Gasteiger partial charge in [-0.1, -0.05) is 0 Å². The van der Waals surface area contributed by atoms with E-state index in [-0.39, 0.29) is 0 Å². The van der Waals surface area contributed by atoms with Gasteiger partial charge in [-0.25, -0.2) is 0 Å². The van der Waals surface area contributed by atoms with Crippen molar-refractivity contribution in [2.45, 2.75) is 19.0 Å². The van der Waals surface area contributed by atoms with Crippen molar-refractivity contribution in [2.24, 2.45) is 0 Å². The van der Waals surface area contributed by atoms with Crippen LogP contribution in [0.15, 0.2) is 6.20 Å². The van der Waals surface area contributed by atoms with E-state index < -0.39 is 0 Å². The van der Waals surface area contributed by atoms with E-state index in [2.05, 4.69) is 27.0 Å². The molecule has 76 valence electrons. The van der Waals surface area contributed by atoms with Crippen molar-refractivity contribution >= 4 is 0 Å². The number of hydrogen-bond acceptors (Lipinski definition) is 3. The standard InChI is InChI=1S/C10H16N4/c1-13-6-9(7-13)14-10-2-3-11-4-8(10)5-12-14/h5,9,11H,2-4,6-7H2,1H3. The molecule has 0 amide bonds. The molecule has 4 heteroatoms. The van der Waals surface area contributed by atoms with Gasteiger partial charge in [-0.3, -0.25) is 4.68 Å². The molecule has 2 aliphatic heterocycles. The lowest BCUT2D eigenvalue weighted by Gasteiger charge is -2.37. The second kappa shape index (κ2) is 3.07. The Morgan fingerprint density at radius 2 is 2.36 bits per heavy atom. The Hall–Kier alpha value is -0.870. The Balaban J connectivity index is 1.87. The summed E-state index contributed by atoms with van der Waals surface area (Å²) in [5.74, 6) is 0. The summed E-state index contributed by atoms with van der Waals surface area (Å²) in [4.78, 5) is 2.33. The summed E-state index contributed by atoms with van der Waals surface area (Å²) in [6.45, 7) is 4.41. The third-order valence-corrected chi connectivity index (χ3v) is 3.23. The molecule has 0 aromatic carbocycles. The van der Waals surface area contributed by atoms with E-state index in [1.165, 1.54) is 11.3 Å². The summed E-state index contributed by atoms with van der Waals surface area (Å²) in [5.41, 5.74) is 2.85. The Morgan fingerprint density at radius 3 is 3.14 bits per heavy atom. The molecule has 0 bridgehead atoms. The van der Waals surface area contributed by atoms with Crippen molar-refractivity contribution in [1.29, 1.82) is 0 Å². The highest BCUT2D eigenvalue weighted by atomic mass is 15.4. The molecule has 2 aliphatic rings. The Bertz CT molecular complexity index is 338. The molecule has 0 radical (unpaired) electrons. The second-order valence-electron chi connectivity index (χ2n) is 4.36. The van der Waals surface area contributed by atoms with E-state index in [1.54, 1.807) is 0 Å². The van der Waals surface area contributed by atoms with Crippen LogP contribution in [-0.2, 0) is 13.0 Å². The molecule has 4 nitrogen and oxygen atoms in total. The summed E-state index contributed by atoms with van der Waals surface area (Å²) < 4.78 is 2.25. The number of likely N-dealkylation sites (tertiary alicyclic amines) is 1. The van der Waals surface area contributed by atoms with Crippen LogP contribution in [0.2, 0.25) is 0 Å². The first-order valence-corrected chi connectivity index (χ1v) is 5.29. The van der Waals surface area contributed by atoms with Gasteiger partial charge in [0.25, 0.3) is 0 Å². The van der Waals surface area contributed by atoms with Crippen LogP contribution in [0.3, 0.4) is 0 Å². The van der Waals surface area contributed by atoms with Crippen molar-refractivity contribution in [3.63, 3.8) is 0 Å². The molecular weight excluding hydrogens is 176 g/mol. The lowest BCUT2D eigenvalue weighted by atomic mass is 10.1. The fourth-order valence-electron chi connectivity index (χ4n) is 2.41. The molecule has 1 saturated heterocycles. The predicted octanol–water partition coefficient (Wildman–Crippen LogP) is 0.0153. The van der Waals surface area contributed by atoms with E-state index in [0.717, 1.165) is 32.6 Å². The zero-order chi connectivity index (χ0) is 9.54. The topological polar surface area (TPSA) is 33.1 Å². The van der Waals surface area contributed by atoms with Gasteiger partial charge in [-0.05, 0) is 7.05 Å². The number of hydrogen-bond donors (Lipinski definition) is 1. The third kappa shape index (κ3) is 1.18. The molecule has 1 aromatic heterocycles. The number of nitrogens with zero attached hydrogens (tertiary/aromatic N) is 3. The minimum Gasteiger partial charge on any atom is -0.312 e. The first-order valence-electron chi connectivity index (χ1n) is 5.29. The van der Waals surface area contributed by atoms with Gasteiger partial charge in [-0.2, -0.15) is 5.10 Å². The second-order valence-corrected chi connectivity index (χ2v) is 4.36. The molecule has 0 unspecified atom stereocenters. The Morgan fingerprint density at radius 1 is 1.50 bits per heavy atom. The van der Waals surface area contributed by atoms with Gasteiger partial charge >= 0.3 is 0 Å². The Labute approximate surface area is 83.9 Å². The normalized spacial score (nSPS) is 23.2. The highest BCUT2D eigenvalue weighted by Crippen LogP contribution is 2.23. The monoisotopic (exact) mass is 192 g/mol. The quantitative estimate of drug-likeness (QED) is 0.680. The summed E-state index contributed by atoms with van der Waals surface area (Å²) in [5, 5.41) is 7.88.